The summed E-state index contributed by atoms with van der Waals surface area (Å²) >= 11 is 3.32. The molecule has 1 N–H and O–H groups in total. The van der Waals surface area contributed by atoms with Gasteiger partial charge in [0.15, 0.2) is 0 Å². The predicted molar refractivity (Wildman–Crippen MR) is 72.9 cm³/mol. The summed E-state index contributed by atoms with van der Waals surface area (Å²) in [7, 11) is -3.49. The lowest BCUT2D eigenvalue weighted by atomic mass is 10.2. The van der Waals surface area contributed by atoms with E-state index in [0.717, 1.165) is 17.3 Å². The summed E-state index contributed by atoms with van der Waals surface area (Å²) in [5, 5.41) is 9.25. The van der Waals surface area contributed by atoms with Crippen LogP contribution in [0.3, 0.4) is 0 Å². The van der Waals surface area contributed by atoms with Gasteiger partial charge in [-0.2, -0.15) is 4.31 Å². The number of sulfonamides is 1. The highest BCUT2D eigenvalue weighted by atomic mass is 79.9. The van der Waals surface area contributed by atoms with E-state index in [2.05, 4.69) is 15.9 Å². The van der Waals surface area contributed by atoms with E-state index < -0.39 is 10.0 Å². The summed E-state index contributed by atoms with van der Waals surface area (Å²) in [6.45, 7) is 2.15. The summed E-state index contributed by atoms with van der Waals surface area (Å²) in [4.78, 5) is 0.325. The Morgan fingerprint density at radius 3 is 2.83 bits per heavy atom. The number of rotatable bonds is 3. The molecule has 0 saturated carbocycles. The first-order chi connectivity index (χ1) is 8.46. The van der Waals surface area contributed by atoms with Gasteiger partial charge in [0.25, 0.3) is 0 Å². The van der Waals surface area contributed by atoms with Crippen LogP contribution in [0.2, 0.25) is 0 Å². The van der Waals surface area contributed by atoms with Gasteiger partial charge in [0, 0.05) is 17.1 Å². The summed E-state index contributed by atoms with van der Waals surface area (Å²) in [6.07, 6.45) is 1.53. The molecule has 4 nitrogen and oxygen atoms in total. The molecule has 18 heavy (non-hydrogen) atoms. The molecule has 0 aromatic heterocycles. The normalized spacial score (nSPS) is 21.4. The standard InChI is InChI=1S/C12H16BrNO3S/c1-9-7-10(13)4-5-12(9)18(16,17)14-6-2-3-11(14)8-15/h4-5,7,11,15H,2-3,6,8H2,1H3. The van der Waals surface area contributed by atoms with Crippen LogP contribution in [-0.4, -0.2) is 37.0 Å². The monoisotopic (exact) mass is 333 g/mol. The molecule has 1 unspecified atom stereocenters. The molecule has 0 bridgehead atoms. The number of halogens is 1. The van der Waals surface area contributed by atoms with Crippen LogP contribution in [0.1, 0.15) is 18.4 Å². The molecule has 1 aliphatic heterocycles. The van der Waals surface area contributed by atoms with Crippen LogP contribution < -0.4 is 0 Å². The van der Waals surface area contributed by atoms with Crippen LogP contribution in [0.25, 0.3) is 0 Å². The summed E-state index contributed by atoms with van der Waals surface area (Å²) < 4.78 is 27.4. The zero-order valence-corrected chi connectivity index (χ0v) is 12.5. The van der Waals surface area contributed by atoms with Crippen LogP contribution >= 0.6 is 15.9 Å². The first-order valence-corrected chi connectivity index (χ1v) is 8.09. The molecule has 0 radical (unpaired) electrons. The Bertz CT molecular complexity index is 544. The van der Waals surface area contributed by atoms with Gasteiger partial charge in [-0.25, -0.2) is 8.42 Å². The van der Waals surface area contributed by atoms with Crippen LogP contribution in [0.4, 0.5) is 0 Å². The van der Waals surface area contributed by atoms with Gasteiger partial charge in [0.1, 0.15) is 0 Å². The first-order valence-electron chi connectivity index (χ1n) is 5.85. The molecule has 1 heterocycles. The summed E-state index contributed by atoms with van der Waals surface area (Å²) in [5.74, 6) is 0. The van der Waals surface area contributed by atoms with E-state index in [0.29, 0.717) is 17.0 Å². The lowest BCUT2D eigenvalue weighted by molar-refractivity contribution is 0.213. The predicted octanol–water partition coefficient (Wildman–Crippen LogP) is 1.90. The highest BCUT2D eigenvalue weighted by Crippen LogP contribution is 2.28. The first kappa shape index (κ1) is 14.0. The molecule has 0 spiro atoms. The Morgan fingerprint density at radius 2 is 2.22 bits per heavy atom. The fourth-order valence-corrected chi connectivity index (χ4v) is 4.70. The van der Waals surface area contributed by atoms with Gasteiger partial charge < -0.3 is 5.11 Å². The number of nitrogens with zero attached hydrogens (tertiary/aromatic N) is 1. The van der Waals surface area contributed by atoms with Crippen molar-refractivity contribution in [3.8, 4) is 0 Å². The SMILES string of the molecule is Cc1cc(Br)ccc1S(=O)(=O)N1CCCC1CO. The fourth-order valence-electron chi connectivity index (χ4n) is 2.34. The van der Waals surface area contributed by atoms with Crippen molar-refractivity contribution < 1.29 is 13.5 Å². The largest absolute Gasteiger partial charge is 0.395 e. The number of aliphatic hydroxyl groups excluding tert-OH is 1. The van der Waals surface area contributed by atoms with E-state index in [4.69, 9.17) is 0 Å². The molecule has 1 aromatic carbocycles. The van der Waals surface area contributed by atoms with E-state index in [1.165, 1.54) is 4.31 Å². The molecule has 2 rings (SSSR count). The number of benzene rings is 1. The Balaban J connectivity index is 2.42. The maximum Gasteiger partial charge on any atom is 0.243 e. The van der Waals surface area contributed by atoms with E-state index >= 15 is 0 Å². The summed E-state index contributed by atoms with van der Waals surface area (Å²) in [5.41, 5.74) is 0.716. The highest BCUT2D eigenvalue weighted by molar-refractivity contribution is 9.10. The molecule has 0 aliphatic carbocycles. The van der Waals surface area contributed by atoms with E-state index in [1.807, 2.05) is 0 Å². The minimum absolute atomic E-state index is 0.116. The van der Waals surface area contributed by atoms with Gasteiger partial charge in [-0.3, -0.25) is 0 Å². The lowest BCUT2D eigenvalue weighted by Gasteiger charge is -2.23. The van der Waals surface area contributed by atoms with Crippen molar-refractivity contribution in [3.05, 3.63) is 28.2 Å². The number of aryl methyl sites for hydroxylation is 1. The van der Waals surface area contributed by atoms with Crippen molar-refractivity contribution in [2.45, 2.75) is 30.7 Å². The fraction of sp³-hybridized carbons (Fsp3) is 0.500. The Morgan fingerprint density at radius 1 is 1.50 bits per heavy atom. The lowest BCUT2D eigenvalue weighted by Crippen LogP contribution is -2.37. The number of hydrogen-bond acceptors (Lipinski definition) is 3. The highest BCUT2D eigenvalue weighted by Gasteiger charge is 2.35. The smallest absolute Gasteiger partial charge is 0.243 e. The van der Waals surface area contributed by atoms with Crippen molar-refractivity contribution in [1.29, 1.82) is 0 Å². The minimum Gasteiger partial charge on any atom is -0.395 e. The summed E-state index contributed by atoms with van der Waals surface area (Å²) in [6, 6.07) is 4.85. The molecule has 0 amide bonds. The van der Waals surface area contributed by atoms with Crippen LogP contribution in [0, 0.1) is 6.92 Å². The van der Waals surface area contributed by atoms with Gasteiger partial charge in [-0.1, -0.05) is 15.9 Å². The van der Waals surface area contributed by atoms with Crippen molar-refractivity contribution >= 4 is 26.0 Å². The van der Waals surface area contributed by atoms with Gasteiger partial charge >= 0.3 is 0 Å². The van der Waals surface area contributed by atoms with Gasteiger partial charge in [0.05, 0.1) is 11.5 Å². The van der Waals surface area contributed by atoms with E-state index in [9.17, 15) is 13.5 Å². The van der Waals surface area contributed by atoms with Crippen LogP contribution in [-0.2, 0) is 10.0 Å². The average Bonchev–Trinajstić information content (AvgIpc) is 2.76. The second-order valence-electron chi connectivity index (χ2n) is 4.50. The molecule has 1 aromatic rings. The molecule has 1 aliphatic rings. The Kier molecular flexibility index (Phi) is 4.11. The Hall–Kier alpha value is -0.430. The second kappa shape index (κ2) is 5.28. The van der Waals surface area contributed by atoms with Gasteiger partial charge in [-0.05, 0) is 43.5 Å². The molecular formula is C12H16BrNO3S. The molecule has 1 atom stereocenters. The van der Waals surface area contributed by atoms with Crippen molar-refractivity contribution in [2.75, 3.05) is 13.2 Å². The van der Waals surface area contributed by atoms with Crippen LogP contribution in [0.5, 0.6) is 0 Å². The third-order valence-corrected chi connectivity index (χ3v) is 5.86. The zero-order chi connectivity index (χ0) is 13.3. The molecule has 100 valence electrons. The van der Waals surface area contributed by atoms with Gasteiger partial charge in [0.2, 0.25) is 10.0 Å². The zero-order valence-electron chi connectivity index (χ0n) is 10.1. The maximum absolute atomic E-state index is 12.5. The average molecular weight is 334 g/mol. The third-order valence-electron chi connectivity index (χ3n) is 3.26. The molecule has 1 saturated heterocycles. The van der Waals surface area contributed by atoms with E-state index in [1.54, 1.807) is 25.1 Å². The number of aliphatic hydroxyl groups is 1. The molecule has 6 heteroatoms. The quantitative estimate of drug-likeness (QED) is 0.919. The molecular weight excluding hydrogens is 318 g/mol. The maximum atomic E-state index is 12.5. The minimum atomic E-state index is -3.49. The Labute approximate surface area is 116 Å². The van der Waals surface area contributed by atoms with Crippen LogP contribution in [0.15, 0.2) is 27.6 Å². The third kappa shape index (κ3) is 2.47. The molecule has 1 fully saturated rings. The number of hydrogen-bond donors (Lipinski definition) is 1. The van der Waals surface area contributed by atoms with E-state index in [-0.39, 0.29) is 12.6 Å². The van der Waals surface area contributed by atoms with Crippen molar-refractivity contribution in [2.24, 2.45) is 0 Å². The second-order valence-corrected chi connectivity index (χ2v) is 7.28. The van der Waals surface area contributed by atoms with Crippen molar-refractivity contribution in [1.82, 2.24) is 4.31 Å². The topological polar surface area (TPSA) is 57.6 Å². The van der Waals surface area contributed by atoms with Crippen molar-refractivity contribution in [3.63, 3.8) is 0 Å². The van der Waals surface area contributed by atoms with Gasteiger partial charge in [-0.15, -0.1) is 0 Å².